The molecule has 2 heterocycles. The fourth-order valence-electron chi connectivity index (χ4n) is 4.95. The third-order valence-corrected chi connectivity index (χ3v) is 8.10. The topological polar surface area (TPSA) is 138 Å². The van der Waals surface area contributed by atoms with Crippen molar-refractivity contribution in [1.29, 1.82) is 5.26 Å². The first-order valence-corrected chi connectivity index (χ1v) is 13.8. The van der Waals surface area contributed by atoms with Crippen molar-refractivity contribution >= 4 is 40.4 Å². The Morgan fingerprint density at radius 3 is 2.19 bits per heavy atom. The van der Waals surface area contributed by atoms with Crippen LogP contribution in [0.5, 0.6) is 23.0 Å². The molecule has 43 heavy (non-hydrogen) atoms. The van der Waals surface area contributed by atoms with Crippen LogP contribution in [0, 0.1) is 11.3 Å². The van der Waals surface area contributed by atoms with Gasteiger partial charge in [-0.2, -0.15) is 5.26 Å². The first-order valence-electron chi connectivity index (χ1n) is 13.0. The highest BCUT2D eigenvalue weighted by Crippen LogP contribution is 2.40. The van der Waals surface area contributed by atoms with E-state index in [9.17, 15) is 14.9 Å². The number of methoxy groups -OCH3 is 4. The Kier molecular flexibility index (Phi) is 8.23. The van der Waals surface area contributed by atoms with Crippen LogP contribution in [0.4, 0.5) is 5.69 Å². The van der Waals surface area contributed by atoms with Crippen molar-refractivity contribution in [3.63, 3.8) is 0 Å². The van der Waals surface area contributed by atoms with Crippen molar-refractivity contribution in [3.05, 3.63) is 103 Å². The maximum absolute atomic E-state index is 14.1. The van der Waals surface area contributed by atoms with Gasteiger partial charge in [0.2, 0.25) is 0 Å². The summed E-state index contributed by atoms with van der Waals surface area (Å²) in [5, 5.41) is 13.3. The number of rotatable bonds is 8. The predicted octanol–water partition coefficient (Wildman–Crippen LogP) is 3.01. The van der Waals surface area contributed by atoms with Crippen LogP contribution in [-0.4, -0.2) is 38.9 Å². The summed E-state index contributed by atoms with van der Waals surface area (Å²) < 4.78 is 23.5. The summed E-state index contributed by atoms with van der Waals surface area (Å²) in [7, 11) is 6.08. The average Bonchev–Trinajstić information content (AvgIpc) is 3.35. The van der Waals surface area contributed by atoms with E-state index in [1.807, 2.05) is 6.07 Å². The molecule has 0 saturated heterocycles. The monoisotopic (exact) mass is 596 g/mol. The number of carbonyl (C=O) groups is 1. The highest BCUT2D eigenvalue weighted by atomic mass is 32.1. The number of aromatic nitrogens is 1. The molecule has 0 aliphatic carbocycles. The fourth-order valence-corrected chi connectivity index (χ4v) is 6.12. The van der Waals surface area contributed by atoms with E-state index in [1.165, 1.54) is 33.0 Å². The maximum atomic E-state index is 14.1. The Morgan fingerprint density at radius 2 is 1.56 bits per heavy atom. The van der Waals surface area contributed by atoms with Crippen LogP contribution in [0.3, 0.4) is 0 Å². The molecule has 5 rings (SSSR count). The lowest BCUT2D eigenvalue weighted by Crippen LogP contribution is -2.40. The first-order chi connectivity index (χ1) is 20.8. The second-order valence-electron chi connectivity index (χ2n) is 9.36. The number of nitrogens with one attached hydrogen (secondary N) is 1. The van der Waals surface area contributed by atoms with Gasteiger partial charge in [0, 0.05) is 5.69 Å². The molecule has 1 aliphatic rings. The molecule has 218 valence electrons. The van der Waals surface area contributed by atoms with Gasteiger partial charge >= 0.3 is 0 Å². The van der Waals surface area contributed by atoms with Gasteiger partial charge in [0.1, 0.15) is 10.5 Å². The highest BCUT2D eigenvalue weighted by Gasteiger charge is 2.36. The lowest BCUT2D eigenvalue weighted by molar-refractivity contribution is -0.111. The normalized spacial score (nSPS) is 14.5. The molecule has 1 unspecified atom stereocenters. The van der Waals surface area contributed by atoms with E-state index in [2.05, 4.69) is 11.4 Å². The number of fused-ring (bicyclic) bond motifs is 1. The summed E-state index contributed by atoms with van der Waals surface area (Å²) in [5.74, 6) is 0.481. The molecule has 1 aromatic heterocycles. The van der Waals surface area contributed by atoms with Crippen LogP contribution in [0.2, 0.25) is 0 Å². The third-order valence-electron chi connectivity index (χ3n) is 6.99. The largest absolute Gasteiger partial charge is 0.493 e. The molecule has 0 radical (unpaired) electrons. The molecule has 11 heteroatoms. The molecule has 0 fully saturated rings. The number of benzene rings is 3. The molecular weight excluding hydrogens is 568 g/mol. The van der Waals surface area contributed by atoms with Gasteiger partial charge in [0.15, 0.2) is 23.0 Å². The van der Waals surface area contributed by atoms with Crippen LogP contribution in [0.1, 0.15) is 17.0 Å². The van der Waals surface area contributed by atoms with E-state index >= 15 is 0 Å². The van der Waals surface area contributed by atoms with Gasteiger partial charge in [-0.1, -0.05) is 30.3 Å². The summed E-state index contributed by atoms with van der Waals surface area (Å²) in [6.45, 7) is 0. The van der Waals surface area contributed by atoms with Crippen molar-refractivity contribution < 1.29 is 23.7 Å². The van der Waals surface area contributed by atoms with Crippen LogP contribution in [0.15, 0.2) is 77.1 Å². The third kappa shape index (κ3) is 5.31. The molecule has 1 amide bonds. The van der Waals surface area contributed by atoms with Crippen molar-refractivity contribution in [2.75, 3.05) is 33.8 Å². The summed E-state index contributed by atoms with van der Waals surface area (Å²) in [4.78, 5) is 27.9. The minimum atomic E-state index is -0.902. The molecular formula is C32H28N4O6S. The zero-order valence-corrected chi connectivity index (χ0v) is 24.7. The molecule has 3 aromatic carbocycles. The Hall–Kier alpha value is -5.47. The van der Waals surface area contributed by atoms with E-state index < -0.39 is 17.4 Å². The van der Waals surface area contributed by atoms with Crippen LogP contribution in [0.25, 0.3) is 17.5 Å². The Bertz CT molecular complexity index is 1970. The lowest BCUT2D eigenvalue weighted by Gasteiger charge is -2.26. The average molecular weight is 597 g/mol. The van der Waals surface area contributed by atoms with Gasteiger partial charge in [-0.15, -0.1) is 11.3 Å². The second-order valence-corrected chi connectivity index (χ2v) is 10.4. The Morgan fingerprint density at radius 1 is 0.930 bits per heavy atom. The number of nitriles is 1. The van der Waals surface area contributed by atoms with E-state index in [4.69, 9.17) is 24.7 Å². The summed E-state index contributed by atoms with van der Waals surface area (Å²) in [6.07, 6.45) is 1.68. The number of para-hydroxylation sites is 1. The minimum Gasteiger partial charge on any atom is -0.493 e. The van der Waals surface area contributed by atoms with Gasteiger partial charge in [-0.3, -0.25) is 14.2 Å². The fraction of sp³-hybridized carbons (Fsp3) is 0.156. The number of nitrogens with zero attached hydrogens (tertiary/aromatic N) is 2. The lowest BCUT2D eigenvalue weighted by atomic mass is 9.83. The zero-order chi connectivity index (χ0) is 30.7. The molecule has 0 spiro atoms. The number of allylic oxidation sites excluding steroid dienone is 1. The van der Waals surface area contributed by atoms with Crippen molar-refractivity contribution in [2.24, 2.45) is 5.73 Å². The van der Waals surface area contributed by atoms with Gasteiger partial charge < -0.3 is 30.0 Å². The SMILES string of the molecule is COc1ccc(/C=c2\sc3n(c2=O)C(N)=C(C#N)C(c2ccc(OC)c(OC)c2)C=3C(=O)Nc2ccccc2)cc1OC. The minimum absolute atomic E-state index is 0.0514. The van der Waals surface area contributed by atoms with Gasteiger partial charge in [-0.25, -0.2) is 0 Å². The number of hydrogen-bond acceptors (Lipinski definition) is 9. The number of hydrogen-bond donors (Lipinski definition) is 2. The number of amides is 1. The summed E-state index contributed by atoms with van der Waals surface area (Å²) >= 11 is 1.10. The molecule has 10 nitrogen and oxygen atoms in total. The van der Waals surface area contributed by atoms with Gasteiger partial charge in [-0.05, 0) is 53.6 Å². The smallest absolute Gasteiger partial charge is 0.274 e. The van der Waals surface area contributed by atoms with E-state index in [0.29, 0.717) is 49.0 Å². The predicted molar refractivity (Wildman–Crippen MR) is 165 cm³/mol. The molecule has 4 aromatic rings. The maximum Gasteiger partial charge on any atom is 0.274 e. The molecule has 3 N–H and O–H groups in total. The number of ether oxygens (including phenoxy) is 4. The molecule has 1 atom stereocenters. The number of thiazole rings is 1. The molecule has 0 saturated carbocycles. The summed E-state index contributed by atoms with van der Waals surface area (Å²) in [5.41, 5.74) is 8.10. The number of anilines is 1. The van der Waals surface area contributed by atoms with Gasteiger partial charge in [0.05, 0.1) is 56.1 Å². The molecule has 0 bridgehead atoms. The number of carbonyl (C=O) groups excluding carboxylic acids is 1. The quantitative estimate of drug-likeness (QED) is 0.317. The standard InChI is InChI=1S/C32H28N4O6S/c1-39-22-12-10-18(14-24(22)41-3)15-26-31(38)36-29(34)21(17-33)27(19-11-13-23(40-2)25(16-19)42-4)28(32(36)43-26)30(37)35-20-8-6-5-7-9-20/h5-16,27H,34H2,1-4H3,(H,35,37)/b26-15-. The molecule has 1 aliphatic heterocycles. The van der Waals surface area contributed by atoms with Crippen molar-refractivity contribution in [1.82, 2.24) is 4.57 Å². The van der Waals surface area contributed by atoms with E-state index in [1.54, 1.807) is 66.7 Å². The van der Waals surface area contributed by atoms with Gasteiger partial charge in [0.25, 0.3) is 11.5 Å². The van der Waals surface area contributed by atoms with Crippen LogP contribution in [-0.2, 0) is 4.79 Å². The van der Waals surface area contributed by atoms with E-state index in [-0.39, 0.29) is 17.0 Å². The van der Waals surface area contributed by atoms with Crippen molar-refractivity contribution in [3.8, 4) is 29.1 Å². The number of nitrogens with two attached hydrogens (primary N) is 1. The van der Waals surface area contributed by atoms with E-state index in [0.717, 1.165) is 11.3 Å². The Labute approximate surface area is 251 Å². The summed E-state index contributed by atoms with van der Waals surface area (Å²) in [6, 6.07) is 21.5. The zero-order valence-electron chi connectivity index (χ0n) is 23.8. The van der Waals surface area contributed by atoms with Crippen LogP contribution >= 0.6 is 11.3 Å². The first kappa shape index (κ1) is 29.0. The van der Waals surface area contributed by atoms with Crippen molar-refractivity contribution in [2.45, 2.75) is 5.92 Å². The second kappa shape index (κ2) is 12.2. The Balaban J connectivity index is 1.81. The highest BCUT2D eigenvalue weighted by molar-refractivity contribution is 7.07. The van der Waals surface area contributed by atoms with Crippen LogP contribution < -0.4 is 44.8 Å².